The van der Waals surface area contributed by atoms with Gasteiger partial charge in [-0.1, -0.05) is 0 Å². The van der Waals surface area contributed by atoms with Crippen LogP contribution in [0.4, 0.5) is 5.69 Å². The van der Waals surface area contributed by atoms with E-state index < -0.39 is 0 Å². The SMILES string of the molecule is Cc1cc(CNC(=O)c2cnccc2N)sc1C. The number of pyridine rings is 1. The number of anilines is 1. The average molecular weight is 261 g/mol. The Hall–Kier alpha value is -1.88. The van der Waals surface area contributed by atoms with Crippen LogP contribution in [0.1, 0.15) is 25.7 Å². The van der Waals surface area contributed by atoms with Crippen LogP contribution in [0, 0.1) is 13.8 Å². The lowest BCUT2D eigenvalue weighted by atomic mass is 10.2. The molecule has 94 valence electrons. The maximum atomic E-state index is 11.9. The maximum absolute atomic E-state index is 11.9. The molecule has 0 atom stereocenters. The molecule has 0 bridgehead atoms. The van der Waals surface area contributed by atoms with Crippen molar-refractivity contribution in [3.05, 3.63) is 45.4 Å². The third kappa shape index (κ3) is 2.68. The molecule has 5 heteroatoms. The van der Waals surface area contributed by atoms with Crippen LogP contribution in [0.3, 0.4) is 0 Å². The minimum absolute atomic E-state index is 0.190. The second kappa shape index (κ2) is 5.18. The second-order valence-corrected chi connectivity index (χ2v) is 5.44. The Morgan fingerprint density at radius 1 is 1.50 bits per heavy atom. The zero-order chi connectivity index (χ0) is 13.1. The summed E-state index contributed by atoms with van der Waals surface area (Å²) in [5.41, 5.74) is 7.84. The number of aryl methyl sites for hydroxylation is 2. The van der Waals surface area contributed by atoms with Gasteiger partial charge in [-0.2, -0.15) is 0 Å². The minimum atomic E-state index is -0.190. The van der Waals surface area contributed by atoms with Gasteiger partial charge in [0.05, 0.1) is 12.1 Å². The second-order valence-electron chi connectivity index (χ2n) is 4.10. The van der Waals surface area contributed by atoms with Crippen LogP contribution in [-0.2, 0) is 6.54 Å². The highest BCUT2D eigenvalue weighted by molar-refractivity contribution is 7.12. The van der Waals surface area contributed by atoms with Crippen molar-refractivity contribution < 1.29 is 4.79 Å². The summed E-state index contributed by atoms with van der Waals surface area (Å²) >= 11 is 1.69. The summed E-state index contributed by atoms with van der Waals surface area (Å²) < 4.78 is 0. The molecule has 18 heavy (non-hydrogen) atoms. The first-order valence-corrected chi connectivity index (χ1v) is 6.43. The highest BCUT2D eigenvalue weighted by Crippen LogP contribution is 2.20. The summed E-state index contributed by atoms with van der Waals surface area (Å²) in [6.45, 7) is 4.66. The van der Waals surface area contributed by atoms with Gasteiger partial charge in [0.15, 0.2) is 0 Å². The molecule has 0 saturated carbocycles. The fourth-order valence-corrected chi connectivity index (χ4v) is 2.59. The summed E-state index contributed by atoms with van der Waals surface area (Å²) in [6.07, 6.45) is 3.05. The molecule has 0 aliphatic carbocycles. The molecule has 0 saturated heterocycles. The smallest absolute Gasteiger partial charge is 0.255 e. The molecule has 2 rings (SSSR count). The molecule has 2 aromatic heterocycles. The van der Waals surface area contributed by atoms with Gasteiger partial charge in [0.1, 0.15) is 0 Å². The van der Waals surface area contributed by atoms with E-state index in [1.807, 2.05) is 0 Å². The third-order valence-corrected chi connectivity index (χ3v) is 3.89. The van der Waals surface area contributed by atoms with Crippen LogP contribution in [0.25, 0.3) is 0 Å². The Morgan fingerprint density at radius 3 is 2.89 bits per heavy atom. The molecule has 2 heterocycles. The van der Waals surface area contributed by atoms with Crippen molar-refractivity contribution in [2.24, 2.45) is 0 Å². The maximum Gasteiger partial charge on any atom is 0.255 e. The van der Waals surface area contributed by atoms with Crippen molar-refractivity contribution in [1.82, 2.24) is 10.3 Å². The molecule has 0 aliphatic rings. The lowest BCUT2D eigenvalue weighted by Crippen LogP contribution is -2.23. The first-order chi connectivity index (χ1) is 8.58. The summed E-state index contributed by atoms with van der Waals surface area (Å²) in [7, 11) is 0. The number of nitrogen functional groups attached to an aromatic ring is 1. The highest BCUT2D eigenvalue weighted by Gasteiger charge is 2.10. The highest BCUT2D eigenvalue weighted by atomic mass is 32.1. The van der Waals surface area contributed by atoms with Gasteiger partial charge in [-0.25, -0.2) is 0 Å². The van der Waals surface area contributed by atoms with Gasteiger partial charge in [-0.15, -0.1) is 11.3 Å². The van der Waals surface area contributed by atoms with Crippen molar-refractivity contribution in [2.75, 3.05) is 5.73 Å². The van der Waals surface area contributed by atoms with Gasteiger partial charge in [-0.3, -0.25) is 9.78 Å². The molecule has 0 aliphatic heterocycles. The van der Waals surface area contributed by atoms with E-state index in [2.05, 4.69) is 30.2 Å². The monoisotopic (exact) mass is 261 g/mol. The normalized spacial score (nSPS) is 10.3. The molecular formula is C13H15N3OS. The number of carbonyl (C=O) groups is 1. The number of aromatic nitrogens is 1. The van der Waals surface area contributed by atoms with E-state index in [4.69, 9.17) is 5.73 Å². The zero-order valence-electron chi connectivity index (χ0n) is 10.4. The van der Waals surface area contributed by atoms with Gasteiger partial charge in [-0.05, 0) is 31.5 Å². The van der Waals surface area contributed by atoms with E-state index in [0.29, 0.717) is 17.8 Å². The molecule has 0 spiro atoms. The van der Waals surface area contributed by atoms with Crippen LogP contribution in [0.2, 0.25) is 0 Å². The van der Waals surface area contributed by atoms with Crippen molar-refractivity contribution in [3.8, 4) is 0 Å². The fourth-order valence-electron chi connectivity index (χ4n) is 1.59. The summed E-state index contributed by atoms with van der Waals surface area (Å²) in [5.74, 6) is -0.190. The largest absolute Gasteiger partial charge is 0.398 e. The van der Waals surface area contributed by atoms with Gasteiger partial charge in [0.25, 0.3) is 5.91 Å². The molecule has 0 fully saturated rings. The van der Waals surface area contributed by atoms with Gasteiger partial charge in [0.2, 0.25) is 0 Å². The number of thiophene rings is 1. The predicted molar refractivity (Wildman–Crippen MR) is 73.6 cm³/mol. The first-order valence-electron chi connectivity index (χ1n) is 5.61. The number of hydrogen-bond acceptors (Lipinski definition) is 4. The molecule has 0 aromatic carbocycles. The standard InChI is InChI=1S/C13H15N3OS/c1-8-5-10(18-9(8)2)6-16-13(17)11-7-15-4-3-12(11)14/h3-5,7H,6H2,1-2H3,(H2,14,15)(H,16,17). The van der Waals surface area contributed by atoms with Gasteiger partial charge >= 0.3 is 0 Å². The van der Waals surface area contributed by atoms with E-state index in [9.17, 15) is 4.79 Å². The Morgan fingerprint density at radius 2 is 2.28 bits per heavy atom. The van der Waals surface area contributed by atoms with Crippen molar-refractivity contribution in [2.45, 2.75) is 20.4 Å². The number of nitrogens with two attached hydrogens (primary N) is 1. The number of hydrogen-bond donors (Lipinski definition) is 2. The predicted octanol–water partition coefficient (Wildman–Crippen LogP) is 2.27. The summed E-state index contributed by atoms with van der Waals surface area (Å²) in [5, 5.41) is 2.85. The lowest BCUT2D eigenvalue weighted by molar-refractivity contribution is 0.0952. The fraction of sp³-hybridized carbons (Fsp3) is 0.231. The van der Waals surface area contributed by atoms with E-state index in [1.54, 1.807) is 23.6 Å². The zero-order valence-corrected chi connectivity index (χ0v) is 11.2. The molecule has 2 aromatic rings. The summed E-state index contributed by atoms with van der Waals surface area (Å²) in [6, 6.07) is 3.71. The number of nitrogens with zero attached hydrogens (tertiary/aromatic N) is 1. The minimum Gasteiger partial charge on any atom is -0.398 e. The van der Waals surface area contributed by atoms with Crippen LogP contribution in [0.5, 0.6) is 0 Å². The van der Waals surface area contributed by atoms with E-state index in [0.717, 1.165) is 4.88 Å². The Balaban J connectivity index is 2.03. The first kappa shape index (κ1) is 12.6. The summed E-state index contributed by atoms with van der Waals surface area (Å²) in [4.78, 5) is 18.2. The van der Waals surface area contributed by atoms with Crippen molar-refractivity contribution in [3.63, 3.8) is 0 Å². The number of rotatable bonds is 3. The average Bonchev–Trinajstić information content (AvgIpc) is 2.66. The molecular weight excluding hydrogens is 246 g/mol. The molecule has 0 unspecified atom stereocenters. The topological polar surface area (TPSA) is 68.0 Å². The van der Waals surface area contributed by atoms with Crippen LogP contribution >= 0.6 is 11.3 Å². The lowest BCUT2D eigenvalue weighted by Gasteiger charge is -2.05. The molecule has 1 amide bonds. The quantitative estimate of drug-likeness (QED) is 0.890. The number of carbonyl (C=O) groups excluding carboxylic acids is 1. The van der Waals surface area contributed by atoms with Crippen molar-refractivity contribution in [1.29, 1.82) is 0 Å². The Bertz CT molecular complexity index is 558. The Kier molecular flexibility index (Phi) is 3.62. The van der Waals surface area contributed by atoms with E-state index in [1.165, 1.54) is 16.6 Å². The van der Waals surface area contributed by atoms with Crippen LogP contribution in [-0.4, -0.2) is 10.9 Å². The number of nitrogens with one attached hydrogen (secondary N) is 1. The van der Waals surface area contributed by atoms with Gasteiger partial charge in [0, 0.05) is 27.8 Å². The van der Waals surface area contributed by atoms with E-state index in [-0.39, 0.29) is 5.91 Å². The van der Waals surface area contributed by atoms with Crippen LogP contribution < -0.4 is 11.1 Å². The molecule has 0 radical (unpaired) electrons. The van der Waals surface area contributed by atoms with Crippen LogP contribution in [0.15, 0.2) is 24.5 Å². The third-order valence-electron chi connectivity index (χ3n) is 2.74. The Labute approximate surface area is 110 Å². The van der Waals surface area contributed by atoms with Crippen molar-refractivity contribution >= 4 is 22.9 Å². The molecule has 4 nitrogen and oxygen atoms in total. The van der Waals surface area contributed by atoms with E-state index >= 15 is 0 Å². The van der Waals surface area contributed by atoms with Gasteiger partial charge < -0.3 is 11.1 Å². The number of amides is 1. The molecule has 3 N–H and O–H groups in total.